The van der Waals surface area contributed by atoms with Crippen LogP contribution in [0.1, 0.15) is 54.9 Å². The molecule has 8 heteroatoms. The van der Waals surface area contributed by atoms with E-state index >= 15 is 0 Å². The molecule has 1 atom stereocenters. The van der Waals surface area contributed by atoms with Crippen molar-refractivity contribution in [1.29, 1.82) is 0 Å². The molecule has 0 bridgehead atoms. The van der Waals surface area contributed by atoms with Crippen LogP contribution in [0.3, 0.4) is 0 Å². The molecule has 1 amide bonds. The van der Waals surface area contributed by atoms with E-state index in [0.717, 1.165) is 41.0 Å². The maximum atomic E-state index is 12.5. The second-order valence-corrected chi connectivity index (χ2v) is 9.97. The minimum Gasteiger partial charge on any atom is -0.494 e. The van der Waals surface area contributed by atoms with Crippen LogP contribution in [0.25, 0.3) is 22.5 Å². The molecule has 4 rings (SSSR count). The SMILES string of the molecule is CCCCCCCOc1ccc(-c2cnc(-c3ccc(C[C@H](NC(=O)c4cccc(N)c4)C(=O)O)cc3)nc2)cc1. The van der Waals surface area contributed by atoms with Gasteiger partial charge in [-0.2, -0.15) is 0 Å². The van der Waals surface area contributed by atoms with Gasteiger partial charge in [-0.1, -0.05) is 75.1 Å². The van der Waals surface area contributed by atoms with Crippen molar-refractivity contribution in [3.8, 4) is 28.3 Å². The summed E-state index contributed by atoms with van der Waals surface area (Å²) in [4.78, 5) is 33.4. The van der Waals surface area contributed by atoms with E-state index in [1.54, 1.807) is 30.6 Å². The number of aliphatic carboxylic acids is 1. The Bertz CT molecular complexity index is 1420. The molecule has 4 N–H and O–H groups in total. The molecule has 0 radical (unpaired) electrons. The van der Waals surface area contributed by atoms with Gasteiger partial charge in [0.25, 0.3) is 5.91 Å². The third kappa shape index (κ3) is 8.63. The summed E-state index contributed by atoms with van der Waals surface area (Å²) < 4.78 is 5.85. The Labute approximate surface area is 240 Å². The van der Waals surface area contributed by atoms with Crippen molar-refractivity contribution in [3.05, 3.63) is 96.3 Å². The number of nitrogen functional groups attached to an aromatic ring is 1. The van der Waals surface area contributed by atoms with E-state index in [9.17, 15) is 14.7 Å². The summed E-state index contributed by atoms with van der Waals surface area (Å²) in [6.45, 7) is 2.94. The summed E-state index contributed by atoms with van der Waals surface area (Å²) >= 11 is 0. The molecule has 0 saturated carbocycles. The average Bonchev–Trinajstić information content (AvgIpc) is 2.99. The maximum absolute atomic E-state index is 12.5. The third-order valence-corrected chi connectivity index (χ3v) is 6.76. The second-order valence-electron chi connectivity index (χ2n) is 9.97. The van der Waals surface area contributed by atoms with Crippen LogP contribution in [0.15, 0.2) is 85.2 Å². The quantitative estimate of drug-likeness (QED) is 0.126. The van der Waals surface area contributed by atoms with Crippen molar-refractivity contribution >= 4 is 17.6 Å². The van der Waals surface area contributed by atoms with E-state index in [-0.39, 0.29) is 6.42 Å². The summed E-state index contributed by atoms with van der Waals surface area (Å²) in [6, 6.07) is 20.6. The summed E-state index contributed by atoms with van der Waals surface area (Å²) in [6.07, 6.45) is 9.74. The topological polar surface area (TPSA) is 127 Å². The smallest absolute Gasteiger partial charge is 0.326 e. The van der Waals surface area contributed by atoms with Gasteiger partial charge in [-0.3, -0.25) is 4.79 Å². The summed E-state index contributed by atoms with van der Waals surface area (Å²) in [5.74, 6) is -0.188. The van der Waals surface area contributed by atoms with Crippen LogP contribution in [-0.2, 0) is 11.2 Å². The van der Waals surface area contributed by atoms with Gasteiger partial charge < -0.3 is 20.9 Å². The van der Waals surface area contributed by atoms with Crippen LogP contribution < -0.4 is 15.8 Å². The van der Waals surface area contributed by atoms with Crippen LogP contribution >= 0.6 is 0 Å². The highest BCUT2D eigenvalue weighted by Crippen LogP contribution is 2.24. The van der Waals surface area contributed by atoms with Gasteiger partial charge in [0, 0.05) is 41.2 Å². The number of unbranched alkanes of at least 4 members (excludes halogenated alkanes) is 4. The zero-order chi connectivity index (χ0) is 29.0. The van der Waals surface area contributed by atoms with Gasteiger partial charge in [0.2, 0.25) is 0 Å². The highest BCUT2D eigenvalue weighted by Gasteiger charge is 2.21. The lowest BCUT2D eigenvalue weighted by atomic mass is 10.0. The van der Waals surface area contributed by atoms with Gasteiger partial charge in [-0.15, -0.1) is 0 Å². The number of nitrogens with one attached hydrogen (secondary N) is 1. The number of carbonyl (C=O) groups excluding carboxylic acids is 1. The molecule has 0 aliphatic carbocycles. The highest BCUT2D eigenvalue weighted by molar-refractivity contribution is 5.97. The minimum atomic E-state index is -1.12. The fourth-order valence-electron chi connectivity index (χ4n) is 4.41. The molecule has 3 aromatic carbocycles. The molecule has 0 spiro atoms. The fraction of sp³-hybridized carbons (Fsp3) is 0.273. The average molecular weight is 553 g/mol. The lowest BCUT2D eigenvalue weighted by Gasteiger charge is -2.15. The van der Waals surface area contributed by atoms with Crippen molar-refractivity contribution < 1.29 is 19.4 Å². The molecule has 0 fully saturated rings. The van der Waals surface area contributed by atoms with Crippen molar-refractivity contribution in [1.82, 2.24) is 15.3 Å². The molecule has 8 nitrogen and oxygen atoms in total. The van der Waals surface area contributed by atoms with E-state index in [1.807, 2.05) is 48.5 Å². The molecule has 41 heavy (non-hydrogen) atoms. The molecule has 0 unspecified atom stereocenters. The van der Waals surface area contributed by atoms with Crippen molar-refractivity contribution in [3.63, 3.8) is 0 Å². The van der Waals surface area contributed by atoms with Crippen molar-refractivity contribution in [2.45, 2.75) is 51.5 Å². The first-order valence-corrected chi connectivity index (χ1v) is 14.0. The van der Waals surface area contributed by atoms with Crippen LogP contribution in [0, 0.1) is 0 Å². The third-order valence-electron chi connectivity index (χ3n) is 6.76. The Kier molecular flexibility index (Phi) is 10.4. The molecule has 1 aromatic heterocycles. The van der Waals surface area contributed by atoms with Gasteiger partial charge in [-0.25, -0.2) is 14.8 Å². The Morgan fingerprint density at radius 2 is 1.56 bits per heavy atom. The van der Waals surface area contributed by atoms with E-state index in [0.29, 0.717) is 17.1 Å². The first-order valence-electron chi connectivity index (χ1n) is 14.0. The Balaban J connectivity index is 1.33. The molecular formula is C33H36N4O4. The number of benzene rings is 3. The molecule has 0 saturated heterocycles. The molecule has 212 valence electrons. The standard InChI is InChI=1S/C33H36N4O4/c1-2-3-4-5-6-18-41-29-16-14-24(15-17-29)27-21-35-31(36-22-27)25-12-10-23(11-13-25)19-30(33(39)40)37-32(38)26-8-7-9-28(34)20-26/h7-17,20-22,30H,2-6,18-19,34H2,1H3,(H,37,38)(H,39,40)/t30-/m0/s1. The van der Waals surface area contributed by atoms with Gasteiger partial charge in [0.05, 0.1) is 6.61 Å². The minimum absolute atomic E-state index is 0.127. The summed E-state index contributed by atoms with van der Waals surface area (Å²) in [7, 11) is 0. The summed E-state index contributed by atoms with van der Waals surface area (Å²) in [5, 5.41) is 12.2. The van der Waals surface area contributed by atoms with Crippen LogP contribution in [0.2, 0.25) is 0 Å². The number of ether oxygens (including phenoxy) is 1. The van der Waals surface area contributed by atoms with Crippen LogP contribution in [0.4, 0.5) is 5.69 Å². The molecule has 0 aliphatic rings. The number of carbonyl (C=O) groups is 2. The zero-order valence-corrected chi connectivity index (χ0v) is 23.3. The van der Waals surface area contributed by atoms with Gasteiger partial charge in [0.1, 0.15) is 11.8 Å². The Morgan fingerprint density at radius 1 is 0.878 bits per heavy atom. The van der Waals surface area contributed by atoms with Gasteiger partial charge >= 0.3 is 5.97 Å². The Hall–Kier alpha value is -4.72. The number of amides is 1. The lowest BCUT2D eigenvalue weighted by Crippen LogP contribution is -2.42. The normalized spacial score (nSPS) is 11.5. The predicted molar refractivity (Wildman–Crippen MR) is 161 cm³/mol. The maximum Gasteiger partial charge on any atom is 0.326 e. The number of aromatic nitrogens is 2. The largest absolute Gasteiger partial charge is 0.494 e. The number of nitrogens with two attached hydrogens (primary N) is 1. The monoisotopic (exact) mass is 552 g/mol. The molecule has 4 aromatic rings. The number of carboxylic acid groups (broad SMARTS) is 1. The number of hydrogen-bond acceptors (Lipinski definition) is 6. The van der Waals surface area contributed by atoms with Gasteiger partial charge in [-0.05, 0) is 47.9 Å². The fourth-order valence-corrected chi connectivity index (χ4v) is 4.41. The number of anilines is 1. The zero-order valence-electron chi connectivity index (χ0n) is 23.3. The molecule has 0 aliphatic heterocycles. The number of hydrogen-bond donors (Lipinski definition) is 3. The second kappa shape index (κ2) is 14.6. The van der Waals surface area contributed by atoms with Gasteiger partial charge in [0.15, 0.2) is 5.82 Å². The number of carboxylic acids is 1. The van der Waals surface area contributed by atoms with E-state index in [2.05, 4.69) is 22.2 Å². The van der Waals surface area contributed by atoms with E-state index in [4.69, 9.17) is 10.5 Å². The first kappa shape index (κ1) is 29.3. The Morgan fingerprint density at radius 3 is 2.22 bits per heavy atom. The first-order chi connectivity index (χ1) is 19.9. The number of rotatable bonds is 14. The van der Waals surface area contributed by atoms with E-state index < -0.39 is 17.9 Å². The van der Waals surface area contributed by atoms with Crippen molar-refractivity contribution in [2.24, 2.45) is 0 Å². The number of nitrogens with zero attached hydrogens (tertiary/aromatic N) is 2. The van der Waals surface area contributed by atoms with Crippen molar-refractivity contribution in [2.75, 3.05) is 12.3 Å². The van der Waals surface area contributed by atoms with Crippen LogP contribution in [-0.4, -0.2) is 39.6 Å². The summed E-state index contributed by atoms with van der Waals surface area (Å²) in [5.41, 5.74) is 9.94. The highest BCUT2D eigenvalue weighted by atomic mass is 16.5. The lowest BCUT2D eigenvalue weighted by molar-refractivity contribution is -0.139. The molecular weight excluding hydrogens is 516 g/mol. The molecule has 1 heterocycles. The van der Waals surface area contributed by atoms with E-state index in [1.165, 1.54) is 31.7 Å². The van der Waals surface area contributed by atoms with Crippen LogP contribution in [0.5, 0.6) is 5.75 Å². The predicted octanol–water partition coefficient (Wildman–Crippen LogP) is 6.17.